The number of rotatable bonds is 3. The van der Waals surface area contributed by atoms with Gasteiger partial charge in [-0.1, -0.05) is 27.7 Å². The second kappa shape index (κ2) is 6.76. The maximum Gasteiger partial charge on any atom is 0.309 e. The highest BCUT2D eigenvalue weighted by atomic mass is 16.6. The number of methoxy groups -OCH3 is 1. The Bertz CT molecular complexity index is 1110. The van der Waals surface area contributed by atoms with E-state index in [9.17, 15) is 19.5 Å². The lowest BCUT2D eigenvalue weighted by molar-refractivity contribution is -0.316. The van der Waals surface area contributed by atoms with Crippen molar-refractivity contribution in [1.82, 2.24) is 0 Å². The number of ketones is 1. The summed E-state index contributed by atoms with van der Waals surface area (Å²) in [5, 5.41) is 12.8. The van der Waals surface area contributed by atoms with Crippen molar-refractivity contribution in [2.75, 3.05) is 7.11 Å². The zero-order chi connectivity index (χ0) is 25.2. The van der Waals surface area contributed by atoms with Crippen LogP contribution in [0.3, 0.4) is 0 Å². The Labute approximate surface area is 204 Å². The number of hydrogen-bond donors (Lipinski definition) is 1. The van der Waals surface area contributed by atoms with Crippen LogP contribution in [0.2, 0.25) is 0 Å². The third-order valence-electron chi connectivity index (χ3n) is 11.0. The van der Waals surface area contributed by atoms with Crippen LogP contribution in [-0.4, -0.2) is 47.2 Å². The molecule has 1 aromatic rings. The van der Waals surface area contributed by atoms with E-state index < -0.39 is 51.5 Å². The summed E-state index contributed by atoms with van der Waals surface area (Å²) in [5.41, 5.74) is -4.18. The molecule has 3 heterocycles. The second-order valence-corrected chi connectivity index (χ2v) is 12.5. The maximum absolute atomic E-state index is 14.0. The van der Waals surface area contributed by atoms with Gasteiger partial charge < -0.3 is 23.7 Å². The molecule has 5 fully saturated rings. The van der Waals surface area contributed by atoms with Crippen LogP contribution >= 0.6 is 0 Å². The molecule has 8 nitrogen and oxygen atoms in total. The van der Waals surface area contributed by atoms with Gasteiger partial charge in [-0.25, -0.2) is 0 Å². The summed E-state index contributed by atoms with van der Waals surface area (Å²) in [6.45, 7) is 8.05. The molecular formula is C27H34O8. The van der Waals surface area contributed by atoms with Gasteiger partial charge in [-0.3, -0.25) is 14.4 Å². The van der Waals surface area contributed by atoms with E-state index in [1.807, 2.05) is 13.8 Å². The molecule has 0 aromatic carbocycles. The van der Waals surface area contributed by atoms with Crippen LogP contribution in [0.15, 0.2) is 23.0 Å². The number of furan rings is 1. The lowest BCUT2D eigenvalue weighted by Crippen LogP contribution is -2.76. The van der Waals surface area contributed by atoms with E-state index in [1.54, 1.807) is 12.3 Å². The fourth-order valence-corrected chi connectivity index (χ4v) is 9.38. The number of fused-ring (bicyclic) bond motifs is 3. The number of ether oxygens (including phenoxy) is 3. The third kappa shape index (κ3) is 2.43. The summed E-state index contributed by atoms with van der Waals surface area (Å²) in [5.74, 6) is -1.76. The van der Waals surface area contributed by atoms with Crippen LogP contribution in [0.25, 0.3) is 0 Å². The van der Waals surface area contributed by atoms with Crippen LogP contribution in [-0.2, 0) is 28.6 Å². The lowest BCUT2D eigenvalue weighted by atomic mass is 9.37. The van der Waals surface area contributed by atoms with E-state index in [-0.39, 0.29) is 36.4 Å². The minimum atomic E-state index is -1.55. The van der Waals surface area contributed by atoms with E-state index in [0.29, 0.717) is 24.8 Å². The average Bonchev–Trinajstić information content (AvgIpc) is 3.44. The number of carbonyl (C=O) groups is 3. The molecule has 3 aliphatic carbocycles. The highest BCUT2D eigenvalue weighted by Crippen LogP contribution is 2.77. The largest absolute Gasteiger partial charge is 0.472 e. The van der Waals surface area contributed by atoms with Crippen molar-refractivity contribution in [3.8, 4) is 0 Å². The first-order valence-electron chi connectivity index (χ1n) is 12.6. The van der Waals surface area contributed by atoms with Gasteiger partial charge >= 0.3 is 11.9 Å². The van der Waals surface area contributed by atoms with Crippen LogP contribution < -0.4 is 0 Å². The molecule has 0 radical (unpaired) electrons. The number of carbonyl (C=O) groups excluding carboxylic acids is 3. The first kappa shape index (κ1) is 23.2. The van der Waals surface area contributed by atoms with Gasteiger partial charge in [-0.05, 0) is 36.7 Å². The van der Waals surface area contributed by atoms with Crippen molar-refractivity contribution >= 4 is 17.7 Å². The number of esters is 2. The monoisotopic (exact) mass is 486 g/mol. The van der Waals surface area contributed by atoms with Crippen molar-refractivity contribution in [1.29, 1.82) is 0 Å². The number of cyclic esters (lactones) is 1. The zero-order valence-corrected chi connectivity index (χ0v) is 21.0. The molecule has 0 unspecified atom stereocenters. The molecule has 2 saturated heterocycles. The summed E-state index contributed by atoms with van der Waals surface area (Å²) < 4.78 is 23.1. The first-order chi connectivity index (χ1) is 16.4. The predicted molar refractivity (Wildman–Crippen MR) is 121 cm³/mol. The molecule has 1 spiro atoms. The molecule has 1 N–H and O–H groups in total. The second-order valence-electron chi connectivity index (χ2n) is 12.5. The number of hydrogen-bond acceptors (Lipinski definition) is 8. The third-order valence-corrected chi connectivity index (χ3v) is 11.0. The Morgan fingerprint density at radius 2 is 1.97 bits per heavy atom. The Hall–Kier alpha value is -2.19. The maximum atomic E-state index is 14.0. The molecule has 8 heteroatoms. The summed E-state index contributed by atoms with van der Waals surface area (Å²) >= 11 is 0. The van der Waals surface area contributed by atoms with Gasteiger partial charge in [0.05, 0.1) is 32.2 Å². The summed E-state index contributed by atoms with van der Waals surface area (Å²) in [4.78, 5) is 39.6. The highest BCUT2D eigenvalue weighted by molar-refractivity contribution is 5.92. The van der Waals surface area contributed by atoms with Gasteiger partial charge in [0.15, 0.2) is 0 Å². The molecule has 6 rings (SSSR count). The molecule has 5 aliphatic rings. The SMILES string of the molecule is COC(=O)C[C@@H]1C(C)(C)[C@@H]2O[C@@]34C[C@H]2C(=O)[C@]1(C)[C@H]3CC[C@@]1(C)[C@H](c2ccoc2)OC(=O)C[C@]14O. The van der Waals surface area contributed by atoms with Gasteiger partial charge in [0, 0.05) is 34.7 Å². The zero-order valence-electron chi connectivity index (χ0n) is 21.0. The lowest BCUT2D eigenvalue weighted by Gasteiger charge is -2.67. The number of Topliss-reactive ketones (excluding diaryl/α,β-unsaturated/α-hetero) is 1. The van der Waals surface area contributed by atoms with Gasteiger partial charge in [-0.2, -0.15) is 0 Å². The number of aliphatic hydroxyl groups is 1. The van der Waals surface area contributed by atoms with E-state index in [2.05, 4.69) is 13.8 Å². The molecule has 1 aromatic heterocycles. The molecule has 190 valence electrons. The van der Waals surface area contributed by atoms with E-state index in [4.69, 9.17) is 18.6 Å². The molecule has 35 heavy (non-hydrogen) atoms. The molecular weight excluding hydrogens is 452 g/mol. The van der Waals surface area contributed by atoms with Crippen LogP contribution in [0.5, 0.6) is 0 Å². The standard InChI is InChI=1S/C27H34O8/c1-23(2)17(10-18(28)32-5)25(4)16-6-8-24(3)21(14-7-9-33-13-14)34-19(29)12-27(24,31)26(16)11-15(20(25)30)22(23)35-26/h7,9,13,15-17,21-22,31H,6,8,10-12H2,1-5H3/t15-,16+,17+,21-,22+,24-,25+,26-,27-/m0/s1. The Morgan fingerprint density at radius 1 is 1.23 bits per heavy atom. The predicted octanol–water partition coefficient (Wildman–Crippen LogP) is 3.37. The van der Waals surface area contributed by atoms with Crippen LogP contribution in [0.1, 0.15) is 71.5 Å². The van der Waals surface area contributed by atoms with Crippen LogP contribution in [0, 0.1) is 34.0 Å². The molecule has 2 aliphatic heterocycles. The first-order valence-corrected chi connectivity index (χ1v) is 12.6. The minimum absolute atomic E-state index is 0.111. The highest BCUT2D eigenvalue weighted by Gasteiger charge is 2.84. The van der Waals surface area contributed by atoms with Gasteiger partial charge in [0.2, 0.25) is 0 Å². The van der Waals surface area contributed by atoms with Gasteiger partial charge in [0.25, 0.3) is 0 Å². The van der Waals surface area contributed by atoms with E-state index >= 15 is 0 Å². The smallest absolute Gasteiger partial charge is 0.309 e. The topological polar surface area (TPSA) is 112 Å². The summed E-state index contributed by atoms with van der Waals surface area (Å²) in [6, 6.07) is 1.77. The molecule has 3 bridgehead atoms. The van der Waals surface area contributed by atoms with Crippen molar-refractivity contribution in [2.45, 2.75) is 83.2 Å². The van der Waals surface area contributed by atoms with Crippen molar-refractivity contribution < 1.29 is 38.1 Å². The fourth-order valence-electron chi connectivity index (χ4n) is 9.38. The molecule has 0 amide bonds. The van der Waals surface area contributed by atoms with Gasteiger partial charge in [-0.15, -0.1) is 0 Å². The van der Waals surface area contributed by atoms with Crippen molar-refractivity contribution in [2.24, 2.45) is 34.0 Å². The molecule has 9 atom stereocenters. The summed E-state index contributed by atoms with van der Waals surface area (Å²) in [7, 11) is 1.36. The Morgan fingerprint density at radius 3 is 2.63 bits per heavy atom. The Kier molecular flexibility index (Phi) is 4.49. The minimum Gasteiger partial charge on any atom is -0.472 e. The van der Waals surface area contributed by atoms with Crippen molar-refractivity contribution in [3.63, 3.8) is 0 Å². The average molecular weight is 487 g/mol. The van der Waals surface area contributed by atoms with Crippen LogP contribution in [0.4, 0.5) is 0 Å². The summed E-state index contributed by atoms with van der Waals surface area (Å²) in [6.07, 6.45) is 3.39. The van der Waals surface area contributed by atoms with E-state index in [1.165, 1.54) is 13.4 Å². The van der Waals surface area contributed by atoms with E-state index in [0.717, 1.165) is 0 Å². The quantitative estimate of drug-likeness (QED) is 0.648. The van der Waals surface area contributed by atoms with Crippen molar-refractivity contribution in [3.05, 3.63) is 24.2 Å². The molecule has 3 saturated carbocycles. The normalized spacial score (nSPS) is 49.3. The fraction of sp³-hybridized carbons (Fsp3) is 0.741. The Balaban J connectivity index is 1.54. The van der Waals surface area contributed by atoms with Gasteiger partial charge in [0.1, 0.15) is 23.1 Å².